The largest absolute Gasteiger partial charge is 0.462 e. The average molecular weight is 324 g/mol. The van der Waals surface area contributed by atoms with E-state index in [0.29, 0.717) is 0 Å². The fourth-order valence-corrected chi connectivity index (χ4v) is 2.70. The van der Waals surface area contributed by atoms with Crippen molar-refractivity contribution in [3.05, 3.63) is 41.6 Å². The van der Waals surface area contributed by atoms with Gasteiger partial charge in [0.15, 0.2) is 0 Å². The summed E-state index contributed by atoms with van der Waals surface area (Å²) < 4.78 is 35.6. The normalized spacial score (nSPS) is 11.2. The zero-order chi connectivity index (χ0) is 16.3. The van der Waals surface area contributed by atoms with E-state index in [0.717, 1.165) is 10.2 Å². The third-order valence-corrected chi connectivity index (χ3v) is 4.10. The molecule has 0 bridgehead atoms. The highest BCUT2D eigenvalue weighted by Crippen LogP contribution is 2.23. The van der Waals surface area contributed by atoms with E-state index in [-0.39, 0.29) is 22.9 Å². The molecule has 22 heavy (non-hydrogen) atoms. The summed E-state index contributed by atoms with van der Waals surface area (Å²) in [6, 6.07) is 6.19. The summed E-state index contributed by atoms with van der Waals surface area (Å²) >= 11 is 0. The van der Waals surface area contributed by atoms with Crippen molar-refractivity contribution in [1.29, 1.82) is 0 Å². The molecule has 0 aliphatic rings. The summed E-state index contributed by atoms with van der Waals surface area (Å²) in [4.78, 5) is 11.8. The number of aryl methyl sites for hydroxylation is 2. The van der Waals surface area contributed by atoms with Crippen molar-refractivity contribution in [2.24, 2.45) is 7.05 Å². The maximum atomic E-state index is 12.3. The van der Waals surface area contributed by atoms with Gasteiger partial charge in [-0.15, -0.1) is 0 Å². The van der Waals surface area contributed by atoms with Gasteiger partial charge in [-0.25, -0.2) is 9.48 Å². The lowest BCUT2D eigenvalue weighted by Gasteiger charge is -2.09. The van der Waals surface area contributed by atoms with Gasteiger partial charge in [0.1, 0.15) is 10.5 Å². The van der Waals surface area contributed by atoms with Crippen LogP contribution in [0, 0.1) is 6.92 Å². The highest BCUT2D eigenvalue weighted by Gasteiger charge is 2.25. The van der Waals surface area contributed by atoms with E-state index in [9.17, 15) is 13.2 Å². The second-order valence-corrected chi connectivity index (χ2v) is 6.10. The molecule has 0 atom stereocenters. The second kappa shape index (κ2) is 6.18. The number of ether oxygens (including phenoxy) is 1. The molecule has 0 aliphatic carbocycles. The molecule has 0 unspecified atom stereocenters. The maximum Gasteiger partial charge on any atom is 0.345 e. The molecule has 0 spiro atoms. The molecule has 1 heterocycles. The van der Waals surface area contributed by atoms with Gasteiger partial charge in [0.2, 0.25) is 5.88 Å². The summed E-state index contributed by atoms with van der Waals surface area (Å²) in [6.07, 6.45) is 1.21. The summed E-state index contributed by atoms with van der Waals surface area (Å²) in [7, 11) is -2.59. The standard InChI is InChI=1S/C14H16N2O5S/c1-4-20-14(17)12-9-15-16(3)13(12)21-22(18,19)11-7-5-10(2)6-8-11/h5-9H,4H2,1-3H3. The van der Waals surface area contributed by atoms with Gasteiger partial charge < -0.3 is 8.92 Å². The third-order valence-electron chi connectivity index (χ3n) is 2.88. The van der Waals surface area contributed by atoms with Crippen LogP contribution in [0.25, 0.3) is 0 Å². The van der Waals surface area contributed by atoms with E-state index in [1.807, 2.05) is 6.92 Å². The van der Waals surface area contributed by atoms with Crippen LogP contribution >= 0.6 is 0 Å². The molecule has 118 valence electrons. The Hall–Kier alpha value is -2.35. The molecule has 0 N–H and O–H groups in total. The fraction of sp³-hybridized carbons (Fsp3) is 0.286. The highest BCUT2D eigenvalue weighted by atomic mass is 32.2. The van der Waals surface area contributed by atoms with Gasteiger partial charge in [-0.05, 0) is 26.0 Å². The number of aromatic nitrogens is 2. The van der Waals surface area contributed by atoms with Crippen molar-refractivity contribution in [3.63, 3.8) is 0 Å². The topological polar surface area (TPSA) is 87.5 Å². The smallest absolute Gasteiger partial charge is 0.345 e. The molecule has 0 aliphatic heterocycles. The van der Waals surface area contributed by atoms with Crippen molar-refractivity contribution in [3.8, 4) is 5.88 Å². The first kappa shape index (κ1) is 16.0. The van der Waals surface area contributed by atoms with Crippen molar-refractivity contribution >= 4 is 16.1 Å². The SMILES string of the molecule is CCOC(=O)c1cnn(C)c1OS(=O)(=O)c1ccc(C)cc1. The van der Waals surface area contributed by atoms with Gasteiger partial charge in [-0.1, -0.05) is 17.7 Å². The van der Waals surface area contributed by atoms with Crippen LogP contribution in [0.2, 0.25) is 0 Å². The second-order valence-electron chi connectivity index (χ2n) is 4.56. The summed E-state index contributed by atoms with van der Waals surface area (Å²) in [5, 5.41) is 3.84. The Kier molecular flexibility index (Phi) is 4.51. The van der Waals surface area contributed by atoms with Gasteiger partial charge in [-0.2, -0.15) is 13.5 Å². The predicted octanol–water partition coefficient (Wildman–Crippen LogP) is 1.67. The van der Waals surface area contributed by atoms with Crippen LogP contribution in [0.4, 0.5) is 0 Å². The van der Waals surface area contributed by atoms with Gasteiger partial charge in [0.05, 0.1) is 12.8 Å². The van der Waals surface area contributed by atoms with E-state index in [1.54, 1.807) is 19.1 Å². The molecule has 1 aromatic carbocycles. The van der Waals surface area contributed by atoms with Crippen LogP contribution in [0.1, 0.15) is 22.8 Å². The minimum absolute atomic E-state index is 0.00545. The van der Waals surface area contributed by atoms with Gasteiger partial charge in [0.25, 0.3) is 0 Å². The zero-order valence-corrected chi connectivity index (χ0v) is 13.3. The zero-order valence-electron chi connectivity index (χ0n) is 12.4. The fourth-order valence-electron chi connectivity index (χ4n) is 1.73. The predicted molar refractivity (Wildman–Crippen MR) is 78.2 cm³/mol. The first-order valence-electron chi connectivity index (χ1n) is 6.55. The molecule has 7 nitrogen and oxygen atoms in total. The van der Waals surface area contributed by atoms with Crippen molar-refractivity contribution in [2.75, 3.05) is 6.61 Å². The molecule has 0 saturated heterocycles. The number of esters is 1. The van der Waals surface area contributed by atoms with Crippen LogP contribution in [0.15, 0.2) is 35.4 Å². The lowest BCUT2D eigenvalue weighted by atomic mass is 10.2. The number of rotatable bonds is 5. The number of benzene rings is 1. The Morgan fingerprint density at radius 1 is 1.27 bits per heavy atom. The molecule has 0 radical (unpaired) electrons. The van der Waals surface area contributed by atoms with Crippen molar-refractivity contribution in [1.82, 2.24) is 9.78 Å². The summed E-state index contributed by atoms with van der Waals surface area (Å²) in [5.41, 5.74) is 0.881. The lowest BCUT2D eigenvalue weighted by Crippen LogP contribution is -2.15. The number of carbonyl (C=O) groups is 1. The summed E-state index contributed by atoms with van der Waals surface area (Å²) in [5.74, 6) is -0.872. The minimum atomic E-state index is -4.06. The van der Waals surface area contributed by atoms with Crippen molar-refractivity contribution < 1.29 is 22.1 Å². The van der Waals surface area contributed by atoms with Crippen molar-refractivity contribution in [2.45, 2.75) is 18.7 Å². The molecule has 0 amide bonds. The molecule has 2 rings (SSSR count). The monoisotopic (exact) mass is 324 g/mol. The van der Waals surface area contributed by atoms with E-state index < -0.39 is 16.1 Å². The van der Waals surface area contributed by atoms with E-state index >= 15 is 0 Å². The van der Waals surface area contributed by atoms with Gasteiger partial charge in [-0.3, -0.25) is 0 Å². The van der Waals surface area contributed by atoms with E-state index in [1.165, 1.54) is 25.4 Å². The molecular weight excluding hydrogens is 308 g/mol. The number of hydrogen-bond acceptors (Lipinski definition) is 6. The molecule has 1 aromatic heterocycles. The number of carbonyl (C=O) groups excluding carboxylic acids is 1. The summed E-state index contributed by atoms with van der Waals surface area (Å²) in [6.45, 7) is 3.66. The quantitative estimate of drug-likeness (QED) is 0.614. The Morgan fingerprint density at radius 3 is 2.50 bits per heavy atom. The van der Waals surface area contributed by atoms with Crippen LogP contribution in [0.3, 0.4) is 0 Å². The Bertz CT molecular complexity index is 778. The minimum Gasteiger partial charge on any atom is -0.462 e. The molecule has 0 saturated carbocycles. The maximum absolute atomic E-state index is 12.3. The Morgan fingerprint density at radius 2 is 1.91 bits per heavy atom. The van der Waals surface area contributed by atoms with E-state index in [4.69, 9.17) is 8.92 Å². The Labute approximate surface area is 128 Å². The first-order valence-corrected chi connectivity index (χ1v) is 7.96. The highest BCUT2D eigenvalue weighted by molar-refractivity contribution is 7.87. The average Bonchev–Trinajstić information content (AvgIpc) is 2.80. The van der Waals surface area contributed by atoms with Crippen LogP contribution in [0.5, 0.6) is 5.88 Å². The van der Waals surface area contributed by atoms with Gasteiger partial charge in [0, 0.05) is 7.05 Å². The van der Waals surface area contributed by atoms with Gasteiger partial charge >= 0.3 is 16.1 Å². The third kappa shape index (κ3) is 3.28. The van der Waals surface area contributed by atoms with Crippen LogP contribution < -0.4 is 4.18 Å². The first-order chi connectivity index (χ1) is 10.3. The van der Waals surface area contributed by atoms with Crippen LogP contribution in [-0.2, 0) is 21.9 Å². The number of hydrogen-bond donors (Lipinski definition) is 0. The number of nitrogens with zero attached hydrogens (tertiary/aromatic N) is 2. The molecule has 2 aromatic rings. The molecular formula is C14H16N2O5S. The van der Waals surface area contributed by atoms with Crippen LogP contribution in [-0.4, -0.2) is 30.8 Å². The Balaban J connectivity index is 2.36. The molecule has 8 heteroatoms. The lowest BCUT2D eigenvalue weighted by molar-refractivity contribution is 0.0524. The van der Waals surface area contributed by atoms with E-state index in [2.05, 4.69) is 5.10 Å². The molecule has 0 fully saturated rings.